The minimum atomic E-state index is -4.29. The van der Waals surface area contributed by atoms with Gasteiger partial charge in [0.2, 0.25) is 0 Å². The molecule has 2 amide bonds. The topological polar surface area (TPSA) is 128 Å². The minimum Gasteiger partial charge on any atom is -0.506 e. The van der Waals surface area contributed by atoms with E-state index >= 15 is 4.39 Å². The van der Waals surface area contributed by atoms with Gasteiger partial charge in [0, 0.05) is 11.1 Å². The van der Waals surface area contributed by atoms with Crippen molar-refractivity contribution in [3.05, 3.63) is 58.9 Å². The van der Waals surface area contributed by atoms with Crippen LogP contribution in [0.2, 0.25) is 0 Å². The number of phenolic OH excluding ortho intramolecular Hbond substituents is 1. The average Bonchev–Trinajstić information content (AvgIpc) is 3.05. The van der Waals surface area contributed by atoms with Crippen LogP contribution >= 0.6 is 0 Å². The van der Waals surface area contributed by atoms with Crippen molar-refractivity contribution in [2.75, 3.05) is 10.8 Å². The Morgan fingerprint density at radius 3 is 2.67 bits per heavy atom. The maximum absolute atomic E-state index is 15.7. The lowest BCUT2D eigenvalue weighted by atomic mass is 9.75. The summed E-state index contributed by atoms with van der Waals surface area (Å²) in [7, 11) is -4.29. The molecule has 11 heteroatoms. The number of aromatic hydroxyl groups is 1. The SMILES string of the molecule is CCCC1(NNC(=O)c2ccccc2)CCc2cc(O)c(N3CC(=O)NS3(=O)=O)c(F)c2C1. The monoisotopic (exact) mass is 476 g/mol. The van der Waals surface area contributed by atoms with Gasteiger partial charge < -0.3 is 5.11 Å². The number of nitrogens with zero attached hydrogens (tertiary/aromatic N) is 1. The number of hydrogen-bond acceptors (Lipinski definition) is 6. The number of rotatable bonds is 6. The number of carbonyl (C=O) groups excluding carboxylic acids is 2. The number of nitrogens with one attached hydrogen (secondary N) is 3. The van der Waals surface area contributed by atoms with E-state index in [1.165, 1.54) is 6.07 Å². The lowest BCUT2D eigenvalue weighted by Gasteiger charge is -2.39. The normalized spacial score (nSPS) is 21.4. The molecule has 33 heavy (non-hydrogen) atoms. The van der Waals surface area contributed by atoms with Crippen LogP contribution in [0.25, 0.3) is 0 Å². The summed E-state index contributed by atoms with van der Waals surface area (Å²) in [5.74, 6) is -2.56. The summed E-state index contributed by atoms with van der Waals surface area (Å²) >= 11 is 0. The number of amides is 2. The number of aryl methyl sites for hydroxylation is 1. The van der Waals surface area contributed by atoms with Crippen molar-refractivity contribution in [1.82, 2.24) is 15.6 Å². The average molecular weight is 477 g/mol. The van der Waals surface area contributed by atoms with Crippen LogP contribution in [0.15, 0.2) is 36.4 Å². The van der Waals surface area contributed by atoms with Gasteiger partial charge in [0.1, 0.15) is 18.0 Å². The summed E-state index contributed by atoms with van der Waals surface area (Å²) in [5, 5.41) is 10.4. The molecule has 2 aliphatic rings. The Bertz CT molecular complexity index is 1210. The van der Waals surface area contributed by atoms with Crippen LogP contribution in [0.5, 0.6) is 5.75 Å². The molecular weight excluding hydrogens is 451 g/mol. The fourth-order valence-corrected chi connectivity index (χ4v) is 5.69. The van der Waals surface area contributed by atoms with Crippen molar-refractivity contribution >= 4 is 27.7 Å². The highest BCUT2D eigenvalue weighted by molar-refractivity contribution is 7.92. The molecule has 0 radical (unpaired) electrons. The summed E-state index contributed by atoms with van der Waals surface area (Å²) in [6.45, 7) is 1.36. The number of hydrogen-bond donors (Lipinski definition) is 4. The van der Waals surface area contributed by atoms with Crippen LogP contribution < -0.4 is 19.9 Å². The highest BCUT2D eigenvalue weighted by atomic mass is 32.2. The van der Waals surface area contributed by atoms with Crippen molar-refractivity contribution < 1.29 is 27.5 Å². The third-order valence-electron chi connectivity index (χ3n) is 6.08. The second-order valence-electron chi connectivity index (χ2n) is 8.39. The first-order chi connectivity index (χ1) is 15.7. The molecule has 4 N–H and O–H groups in total. The van der Waals surface area contributed by atoms with Crippen molar-refractivity contribution in [2.24, 2.45) is 0 Å². The molecule has 1 saturated heterocycles. The molecular formula is C22H25FN4O5S. The molecule has 1 heterocycles. The summed E-state index contributed by atoms with van der Waals surface area (Å²) in [6.07, 6.45) is 2.54. The van der Waals surface area contributed by atoms with Crippen LogP contribution in [-0.2, 0) is 27.8 Å². The number of halogens is 1. The summed E-state index contributed by atoms with van der Waals surface area (Å²) in [4.78, 5) is 24.2. The van der Waals surface area contributed by atoms with Gasteiger partial charge in [0.15, 0.2) is 5.82 Å². The molecule has 0 bridgehead atoms. The zero-order valence-electron chi connectivity index (χ0n) is 18.0. The van der Waals surface area contributed by atoms with Crippen LogP contribution in [0.3, 0.4) is 0 Å². The second-order valence-corrected chi connectivity index (χ2v) is 9.98. The van der Waals surface area contributed by atoms with E-state index in [0.29, 0.717) is 34.7 Å². The number of fused-ring (bicyclic) bond motifs is 1. The molecule has 1 aliphatic heterocycles. The number of phenols is 1. The number of carbonyl (C=O) groups is 2. The van der Waals surface area contributed by atoms with Gasteiger partial charge in [-0.25, -0.2) is 18.8 Å². The third kappa shape index (κ3) is 4.38. The van der Waals surface area contributed by atoms with Gasteiger partial charge in [-0.1, -0.05) is 31.5 Å². The molecule has 0 aromatic heterocycles. The van der Waals surface area contributed by atoms with Crippen LogP contribution in [0.4, 0.5) is 10.1 Å². The first kappa shape index (κ1) is 23.0. The molecule has 1 aliphatic carbocycles. The minimum absolute atomic E-state index is 0.166. The van der Waals surface area contributed by atoms with Crippen molar-refractivity contribution in [1.29, 1.82) is 0 Å². The summed E-state index contributed by atoms with van der Waals surface area (Å²) in [6, 6.07) is 10.0. The van der Waals surface area contributed by atoms with Crippen molar-refractivity contribution in [3.63, 3.8) is 0 Å². The molecule has 9 nitrogen and oxygen atoms in total. The molecule has 1 unspecified atom stereocenters. The van der Waals surface area contributed by atoms with E-state index in [0.717, 1.165) is 6.42 Å². The largest absolute Gasteiger partial charge is 0.506 e. The van der Waals surface area contributed by atoms with E-state index in [1.54, 1.807) is 35.1 Å². The van der Waals surface area contributed by atoms with Gasteiger partial charge in [0.25, 0.3) is 11.8 Å². The molecule has 1 fully saturated rings. The standard InChI is InChI=1S/C22H25FN4O5S/c1-2-9-22(26-24-21(30)14-6-4-3-5-7-14)10-8-15-11-17(28)20(19(23)16(15)12-22)27-13-18(29)25-33(27,31)32/h3-7,11,26,28H,2,8-10,12-13H2,1H3,(H,24,30)(H,25,29). The van der Waals surface area contributed by atoms with E-state index in [2.05, 4.69) is 10.9 Å². The summed E-state index contributed by atoms with van der Waals surface area (Å²) in [5.41, 5.74) is 5.90. The first-order valence-corrected chi connectivity index (χ1v) is 12.1. The Morgan fingerprint density at radius 1 is 1.30 bits per heavy atom. The fraction of sp³-hybridized carbons (Fsp3) is 0.364. The second kappa shape index (κ2) is 8.64. The highest BCUT2D eigenvalue weighted by Gasteiger charge is 2.41. The van der Waals surface area contributed by atoms with E-state index < -0.39 is 45.5 Å². The van der Waals surface area contributed by atoms with E-state index in [4.69, 9.17) is 0 Å². The maximum Gasteiger partial charge on any atom is 0.326 e. The lowest BCUT2D eigenvalue weighted by molar-refractivity contribution is -0.117. The molecule has 176 valence electrons. The molecule has 2 aromatic rings. The predicted octanol–water partition coefficient (Wildman–Crippen LogP) is 1.67. The van der Waals surface area contributed by atoms with Crippen molar-refractivity contribution in [2.45, 2.75) is 44.6 Å². The quantitative estimate of drug-likeness (QED) is 0.470. The van der Waals surface area contributed by atoms with Gasteiger partial charge >= 0.3 is 10.2 Å². The first-order valence-electron chi connectivity index (χ1n) is 10.6. The van der Waals surface area contributed by atoms with Crippen molar-refractivity contribution in [3.8, 4) is 5.75 Å². The van der Waals surface area contributed by atoms with Gasteiger partial charge in [-0.2, -0.15) is 8.42 Å². The molecule has 0 saturated carbocycles. The lowest BCUT2D eigenvalue weighted by Crippen LogP contribution is -2.57. The Hall–Kier alpha value is -3.18. The zero-order valence-corrected chi connectivity index (χ0v) is 18.8. The molecule has 2 aromatic carbocycles. The van der Waals surface area contributed by atoms with E-state index in [-0.39, 0.29) is 17.9 Å². The van der Waals surface area contributed by atoms with Gasteiger partial charge in [0.05, 0.1) is 0 Å². The van der Waals surface area contributed by atoms with E-state index in [1.807, 2.05) is 6.92 Å². The van der Waals surface area contributed by atoms with Crippen LogP contribution in [0, 0.1) is 5.82 Å². The Morgan fingerprint density at radius 2 is 2.03 bits per heavy atom. The van der Waals surface area contributed by atoms with Crippen LogP contribution in [0.1, 0.15) is 47.7 Å². The fourth-order valence-electron chi connectivity index (χ4n) is 4.53. The maximum atomic E-state index is 15.7. The van der Waals surface area contributed by atoms with E-state index in [9.17, 15) is 23.1 Å². The highest BCUT2D eigenvalue weighted by Crippen LogP contribution is 2.42. The number of anilines is 1. The Labute approximate surface area is 191 Å². The molecule has 1 atom stereocenters. The smallest absolute Gasteiger partial charge is 0.326 e. The third-order valence-corrected chi connectivity index (χ3v) is 7.45. The van der Waals surface area contributed by atoms with Crippen LogP contribution in [-0.4, -0.2) is 37.4 Å². The van der Waals surface area contributed by atoms with Gasteiger partial charge in [-0.3, -0.25) is 15.0 Å². The number of benzene rings is 2. The van der Waals surface area contributed by atoms with Gasteiger partial charge in [-0.15, -0.1) is 0 Å². The Kier molecular flexibility index (Phi) is 6.02. The molecule has 0 spiro atoms. The van der Waals surface area contributed by atoms with Gasteiger partial charge in [-0.05, 0) is 55.0 Å². The Balaban J connectivity index is 1.65. The predicted molar refractivity (Wildman–Crippen MR) is 119 cm³/mol. The molecule has 4 rings (SSSR count). The number of hydrazine groups is 1. The zero-order chi connectivity index (χ0) is 23.8. The summed E-state index contributed by atoms with van der Waals surface area (Å²) < 4.78 is 42.5.